The molecule has 6 rings (SSSR count). The third-order valence-corrected chi connectivity index (χ3v) is 9.61. The van der Waals surface area contributed by atoms with E-state index in [0.29, 0.717) is 0 Å². The van der Waals surface area contributed by atoms with Gasteiger partial charge in [0.1, 0.15) is 7.05 Å². The Morgan fingerprint density at radius 1 is 0.721 bits per heavy atom. The van der Waals surface area contributed by atoms with Crippen molar-refractivity contribution in [2.45, 2.75) is 37.0 Å². The van der Waals surface area contributed by atoms with Crippen LogP contribution in [-0.2, 0) is 10.8 Å². The van der Waals surface area contributed by atoms with Crippen molar-refractivity contribution in [3.05, 3.63) is 158 Å². The van der Waals surface area contributed by atoms with Gasteiger partial charge >= 0.3 is 0 Å². The highest BCUT2D eigenvalue weighted by molar-refractivity contribution is 6.08. The number of anilines is 1. The van der Waals surface area contributed by atoms with Crippen molar-refractivity contribution in [3.8, 4) is 0 Å². The van der Waals surface area contributed by atoms with Gasteiger partial charge in [0.05, 0.1) is 5.41 Å². The van der Waals surface area contributed by atoms with E-state index < -0.39 is 0 Å². The van der Waals surface area contributed by atoms with E-state index in [-0.39, 0.29) is 10.8 Å². The molecule has 214 valence electrons. The minimum atomic E-state index is -0.214. The summed E-state index contributed by atoms with van der Waals surface area (Å²) in [7, 11) is 4.36. The smallest absolute Gasteiger partial charge is 0.210 e. The van der Waals surface area contributed by atoms with Gasteiger partial charge in [0.15, 0.2) is 5.71 Å². The van der Waals surface area contributed by atoms with E-state index in [9.17, 15) is 0 Å². The van der Waals surface area contributed by atoms with Crippen molar-refractivity contribution in [1.82, 2.24) is 0 Å². The molecule has 0 spiro atoms. The summed E-state index contributed by atoms with van der Waals surface area (Å²) >= 11 is 0. The molecule has 2 aliphatic heterocycles. The van der Waals surface area contributed by atoms with Gasteiger partial charge in [-0.15, -0.1) is 19.7 Å². The summed E-state index contributed by atoms with van der Waals surface area (Å²) in [4.78, 5) is 2.35. The number of rotatable bonds is 9. The van der Waals surface area contributed by atoms with Gasteiger partial charge in [-0.25, -0.2) is 0 Å². The molecule has 2 aliphatic rings. The molecule has 0 saturated heterocycles. The largest absolute Gasteiger partial charge is 0.347 e. The number of hydrogen-bond acceptors (Lipinski definition) is 1. The monoisotopic (exact) mass is 561 g/mol. The Balaban J connectivity index is 1.38. The molecule has 4 aromatic carbocycles. The van der Waals surface area contributed by atoms with Crippen LogP contribution in [-0.4, -0.2) is 24.4 Å². The fraction of sp³-hybridized carbons (Fsp3) is 0.195. The lowest BCUT2D eigenvalue weighted by Crippen LogP contribution is -2.30. The molecule has 1 atom stereocenters. The second-order valence-corrected chi connectivity index (χ2v) is 12.1. The molecular weight excluding hydrogens is 520 g/mol. The van der Waals surface area contributed by atoms with Gasteiger partial charge in [0.2, 0.25) is 5.69 Å². The van der Waals surface area contributed by atoms with Gasteiger partial charge in [-0.1, -0.05) is 91.1 Å². The first-order valence-electron chi connectivity index (χ1n) is 15.2. The van der Waals surface area contributed by atoms with Gasteiger partial charge < -0.3 is 4.90 Å². The number of fused-ring (bicyclic) bond motifs is 6. The van der Waals surface area contributed by atoms with Crippen molar-refractivity contribution >= 4 is 38.6 Å². The number of allylic oxidation sites excluding steroid dienone is 9. The molecule has 0 N–H and O–H groups in total. The second-order valence-electron chi connectivity index (χ2n) is 12.1. The molecule has 2 nitrogen and oxygen atoms in total. The highest BCUT2D eigenvalue weighted by Crippen LogP contribution is 2.54. The number of likely N-dealkylation sites (N-methyl/N-ethyl adjacent to an activating group) is 1. The van der Waals surface area contributed by atoms with Crippen molar-refractivity contribution in [1.29, 1.82) is 0 Å². The topological polar surface area (TPSA) is 6.25 Å². The maximum absolute atomic E-state index is 4.17. The van der Waals surface area contributed by atoms with Crippen LogP contribution in [0, 0.1) is 0 Å². The molecule has 0 aromatic heterocycles. The highest BCUT2D eigenvalue weighted by Gasteiger charge is 2.47. The standard InChI is InChI=1S/C41H41N2/c1-7-27-40(4)36(42(5)34-25-23-30-17-13-15-19-32(30)38(34)40)21-11-10-12-22-37-41(28-8-2,29-9-3)39-33-20-16-14-18-31(33)24-26-35(39)43(37)6/h7-26H,1-3,27-29H2,4-6H3/q+1. The van der Waals surface area contributed by atoms with E-state index in [2.05, 4.69) is 172 Å². The SMILES string of the molecule is C=CCC1(C)C(C=CC=CC=C2N(C)c3ccc4ccccc4c3C2(CC=C)CC=C)=[N+](C)c2ccc3ccccc3c21. The maximum Gasteiger partial charge on any atom is 0.210 e. The third kappa shape index (κ3) is 4.36. The predicted molar refractivity (Wildman–Crippen MR) is 187 cm³/mol. The van der Waals surface area contributed by atoms with Crippen molar-refractivity contribution in [3.63, 3.8) is 0 Å². The van der Waals surface area contributed by atoms with Gasteiger partial charge in [-0.2, -0.15) is 4.58 Å². The zero-order valence-electron chi connectivity index (χ0n) is 25.7. The molecule has 2 heterocycles. The molecule has 0 aliphatic carbocycles. The van der Waals surface area contributed by atoms with Crippen LogP contribution in [0.4, 0.5) is 11.4 Å². The molecule has 0 saturated carbocycles. The Hall–Kier alpha value is -4.69. The summed E-state index contributed by atoms with van der Waals surface area (Å²) in [6, 6.07) is 26.4. The fourth-order valence-electron chi connectivity index (χ4n) is 7.78. The van der Waals surface area contributed by atoms with Crippen LogP contribution in [0.1, 0.15) is 37.3 Å². The molecule has 0 amide bonds. The molecular formula is C41H41N2+. The van der Waals surface area contributed by atoms with Crippen molar-refractivity contribution in [2.24, 2.45) is 0 Å². The minimum Gasteiger partial charge on any atom is -0.347 e. The Morgan fingerprint density at radius 3 is 1.98 bits per heavy atom. The quantitative estimate of drug-likeness (QED) is 0.112. The van der Waals surface area contributed by atoms with E-state index in [0.717, 1.165) is 19.3 Å². The third-order valence-electron chi connectivity index (χ3n) is 9.61. The predicted octanol–water partition coefficient (Wildman–Crippen LogP) is 10.1. The van der Waals surface area contributed by atoms with Gasteiger partial charge in [0.25, 0.3) is 0 Å². The number of benzene rings is 4. The summed E-state index contributed by atoms with van der Waals surface area (Å²) in [5.41, 5.74) is 7.45. The molecule has 43 heavy (non-hydrogen) atoms. The average molecular weight is 562 g/mol. The molecule has 4 aromatic rings. The van der Waals surface area contributed by atoms with E-state index in [1.807, 2.05) is 0 Å². The molecule has 0 bridgehead atoms. The lowest BCUT2D eigenvalue weighted by molar-refractivity contribution is -0.401. The Bertz CT molecular complexity index is 1890. The Labute approximate surface area is 256 Å². The Kier molecular flexibility index (Phi) is 7.40. The van der Waals surface area contributed by atoms with Crippen LogP contribution in [0.2, 0.25) is 0 Å². The maximum atomic E-state index is 4.17. The minimum absolute atomic E-state index is 0.160. The van der Waals surface area contributed by atoms with Gasteiger partial charge in [0, 0.05) is 41.6 Å². The van der Waals surface area contributed by atoms with Gasteiger partial charge in [-0.05, 0) is 71.5 Å². The van der Waals surface area contributed by atoms with E-state index in [1.165, 1.54) is 55.5 Å². The number of nitrogens with zero attached hydrogens (tertiary/aromatic N) is 2. The lowest BCUT2D eigenvalue weighted by Gasteiger charge is -2.31. The number of hydrogen-bond donors (Lipinski definition) is 0. The zero-order chi connectivity index (χ0) is 30.2. The first-order chi connectivity index (χ1) is 20.9. The Morgan fingerprint density at radius 2 is 1.33 bits per heavy atom. The van der Waals surface area contributed by atoms with Crippen LogP contribution < -0.4 is 4.90 Å². The van der Waals surface area contributed by atoms with E-state index in [4.69, 9.17) is 0 Å². The molecule has 0 fully saturated rings. The van der Waals surface area contributed by atoms with Crippen LogP contribution in [0.15, 0.2) is 147 Å². The second kappa shape index (κ2) is 11.2. The van der Waals surface area contributed by atoms with Crippen LogP contribution in [0.3, 0.4) is 0 Å². The normalized spacial score (nSPS) is 20.1. The average Bonchev–Trinajstić information content (AvgIpc) is 3.37. The first kappa shape index (κ1) is 28.4. The summed E-state index contributed by atoms with van der Waals surface area (Å²) in [6.07, 6.45) is 19.8. The fourth-order valence-corrected chi connectivity index (χ4v) is 7.78. The summed E-state index contributed by atoms with van der Waals surface area (Å²) in [5, 5.41) is 5.16. The zero-order valence-corrected chi connectivity index (χ0v) is 25.7. The molecule has 0 radical (unpaired) electrons. The van der Waals surface area contributed by atoms with Crippen LogP contribution >= 0.6 is 0 Å². The lowest BCUT2D eigenvalue weighted by atomic mass is 9.72. The van der Waals surface area contributed by atoms with E-state index >= 15 is 0 Å². The van der Waals surface area contributed by atoms with Crippen LogP contribution in [0.5, 0.6) is 0 Å². The van der Waals surface area contributed by atoms with Crippen molar-refractivity contribution < 1.29 is 4.58 Å². The first-order valence-corrected chi connectivity index (χ1v) is 15.2. The molecule has 1 unspecified atom stereocenters. The summed E-state index contributed by atoms with van der Waals surface area (Å²) in [5.74, 6) is 0. The summed E-state index contributed by atoms with van der Waals surface area (Å²) < 4.78 is 2.35. The molecule has 2 heteroatoms. The van der Waals surface area contributed by atoms with E-state index in [1.54, 1.807) is 0 Å². The summed E-state index contributed by atoms with van der Waals surface area (Å²) in [6.45, 7) is 14.8. The van der Waals surface area contributed by atoms with Crippen LogP contribution in [0.25, 0.3) is 21.5 Å². The van der Waals surface area contributed by atoms with Crippen molar-refractivity contribution in [2.75, 3.05) is 19.0 Å². The van der Waals surface area contributed by atoms with Gasteiger partial charge in [-0.3, -0.25) is 0 Å². The highest BCUT2D eigenvalue weighted by atomic mass is 15.2.